The van der Waals surface area contributed by atoms with Gasteiger partial charge in [0.05, 0.1) is 11.4 Å². The third-order valence-electron chi connectivity index (χ3n) is 2.96. The van der Waals surface area contributed by atoms with E-state index in [0.29, 0.717) is 22.4 Å². The molecule has 3 heterocycles. The average Bonchev–Trinajstić information content (AvgIpc) is 3.04. The molecule has 0 bridgehead atoms. The lowest BCUT2D eigenvalue weighted by atomic mass is 10.3. The lowest BCUT2D eigenvalue weighted by Crippen LogP contribution is -2.20. The number of thiazole rings is 1. The number of hydrogen-bond donors (Lipinski definition) is 2. The molecule has 3 aromatic heterocycles. The Hall–Kier alpha value is -2.52. The van der Waals surface area contributed by atoms with E-state index in [2.05, 4.69) is 25.3 Å². The normalized spacial score (nSPS) is 10.5. The minimum Gasteiger partial charge on any atom is -0.310 e. The van der Waals surface area contributed by atoms with Crippen molar-refractivity contribution in [2.45, 2.75) is 5.75 Å². The first-order valence-corrected chi connectivity index (χ1v) is 9.20. The van der Waals surface area contributed by atoms with Crippen LogP contribution in [0.5, 0.6) is 0 Å². The molecular weight excluding hydrogens is 346 g/mol. The Bertz CT molecular complexity index is 907. The molecule has 0 aliphatic rings. The number of aromatic amines is 1. The molecule has 122 valence electrons. The van der Waals surface area contributed by atoms with Gasteiger partial charge in [-0.15, -0.1) is 11.3 Å². The van der Waals surface area contributed by atoms with Gasteiger partial charge in [-0.1, -0.05) is 6.07 Å². The van der Waals surface area contributed by atoms with Gasteiger partial charge >= 0.3 is 0 Å². The van der Waals surface area contributed by atoms with Gasteiger partial charge < -0.3 is 4.98 Å². The van der Waals surface area contributed by atoms with Crippen LogP contribution in [0.15, 0.2) is 40.6 Å². The molecule has 2 N–H and O–H groups in total. The van der Waals surface area contributed by atoms with Crippen LogP contribution in [-0.2, 0) is 5.75 Å². The van der Waals surface area contributed by atoms with Gasteiger partial charge in [0.15, 0.2) is 5.13 Å². The van der Waals surface area contributed by atoms with Crippen molar-refractivity contribution in [1.82, 2.24) is 19.9 Å². The molecule has 0 unspecified atom stereocenters. The quantitative estimate of drug-likeness (QED) is 0.725. The number of pyridine rings is 1. The minimum absolute atomic E-state index is 0.0670. The van der Waals surface area contributed by atoms with Crippen molar-refractivity contribution in [2.24, 2.45) is 0 Å². The van der Waals surface area contributed by atoms with Crippen molar-refractivity contribution >= 4 is 34.1 Å². The van der Waals surface area contributed by atoms with Crippen LogP contribution in [0, 0.1) is 0 Å². The number of carbonyl (C=O) groups excluding carboxylic acids is 1. The van der Waals surface area contributed by atoms with Crippen molar-refractivity contribution in [1.29, 1.82) is 0 Å². The van der Waals surface area contributed by atoms with Gasteiger partial charge in [0.25, 0.3) is 11.5 Å². The summed E-state index contributed by atoms with van der Waals surface area (Å²) in [4.78, 5) is 39.2. The molecule has 0 fully saturated rings. The van der Waals surface area contributed by atoms with Gasteiger partial charge in [0.1, 0.15) is 17.2 Å². The van der Waals surface area contributed by atoms with Gasteiger partial charge in [-0.05, 0) is 18.4 Å². The van der Waals surface area contributed by atoms with Gasteiger partial charge in [0, 0.05) is 17.6 Å². The molecule has 7 nitrogen and oxygen atoms in total. The van der Waals surface area contributed by atoms with Crippen LogP contribution >= 0.6 is 23.1 Å². The van der Waals surface area contributed by atoms with Crippen molar-refractivity contribution in [3.05, 3.63) is 57.7 Å². The summed E-state index contributed by atoms with van der Waals surface area (Å²) in [7, 11) is 0. The summed E-state index contributed by atoms with van der Waals surface area (Å²) in [5.74, 6) is 0.524. The number of thioether (sulfide) groups is 1. The van der Waals surface area contributed by atoms with E-state index >= 15 is 0 Å². The third kappa shape index (κ3) is 3.87. The predicted octanol–water partition coefficient (Wildman–Crippen LogP) is 2.40. The summed E-state index contributed by atoms with van der Waals surface area (Å²) >= 11 is 2.79. The predicted molar refractivity (Wildman–Crippen MR) is 95.4 cm³/mol. The zero-order chi connectivity index (χ0) is 16.9. The maximum atomic E-state index is 12.3. The van der Waals surface area contributed by atoms with E-state index in [1.54, 1.807) is 6.20 Å². The largest absolute Gasteiger partial charge is 0.310 e. The van der Waals surface area contributed by atoms with Crippen molar-refractivity contribution < 1.29 is 4.79 Å². The summed E-state index contributed by atoms with van der Waals surface area (Å²) < 4.78 is 0. The molecule has 0 aliphatic heterocycles. The average molecular weight is 359 g/mol. The Kier molecular flexibility index (Phi) is 5.02. The Morgan fingerprint density at radius 2 is 2.21 bits per heavy atom. The fourth-order valence-electron chi connectivity index (χ4n) is 1.95. The molecule has 0 radical (unpaired) electrons. The molecule has 0 aliphatic carbocycles. The first-order valence-electron chi connectivity index (χ1n) is 6.93. The van der Waals surface area contributed by atoms with E-state index in [-0.39, 0.29) is 11.3 Å². The standard InChI is InChI=1S/C15H13N5O2S2/c1-23-8-12-17-10(6-13(21)19-12)14(22)20-15-18-11(7-24-15)9-4-2-3-5-16-9/h2-7H,8H2,1H3,(H,17,19,21)(H,18,20,22). The number of amides is 1. The third-order valence-corrected chi connectivity index (χ3v) is 4.28. The zero-order valence-electron chi connectivity index (χ0n) is 12.6. The highest BCUT2D eigenvalue weighted by molar-refractivity contribution is 7.97. The Labute approximate surface area is 145 Å². The van der Waals surface area contributed by atoms with Gasteiger partial charge in [-0.25, -0.2) is 9.97 Å². The van der Waals surface area contributed by atoms with Crippen LogP contribution in [0.4, 0.5) is 5.13 Å². The number of rotatable bonds is 5. The molecular formula is C15H13N5O2S2. The van der Waals surface area contributed by atoms with E-state index in [0.717, 1.165) is 5.69 Å². The Morgan fingerprint density at radius 3 is 2.96 bits per heavy atom. The molecule has 0 spiro atoms. The summed E-state index contributed by atoms with van der Waals surface area (Å²) in [6, 6.07) is 6.71. The summed E-state index contributed by atoms with van der Waals surface area (Å²) in [6.07, 6.45) is 3.57. The topological polar surface area (TPSA) is 101 Å². The second kappa shape index (κ2) is 7.37. The smallest absolute Gasteiger partial charge is 0.276 e. The van der Waals surface area contributed by atoms with E-state index in [1.165, 1.54) is 29.2 Å². The fraction of sp³-hybridized carbons (Fsp3) is 0.133. The summed E-state index contributed by atoms with van der Waals surface area (Å²) in [5, 5.41) is 4.90. The fourth-order valence-corrected chi connectivity index (χ4v) is 3.06. The van der Waals surface area contributed by atoms with E-state index in [9.17, 15) is 9.59 Å². The van der Waals surface area contributed by atoms with Crippen molar-refractivity contribution in [3.8, 4) is 11.4 Å². The molecule has 3 rings (SSSR count). The van der Waals surface area contributed by atoms with E-state index in [4.69, 9.17) is 0 Å². The number of carbonyl (C=O) groups is 1. The number of hydrogen-bond acceptors (Lipinski definition) is 7. The Balaban J connectivity index is 1.78. The summed E-state index contributed by atoms with van der Waals surface area (Å²) in [6.45, 7) is 0. The number of anilines is 1. The van der Waals surface area contributed by atoms with Crippen molar-refractivity contribution in [2.75, 3.05) is 11.6 Å². The van der Waals surface area contributed by atoms with Crippen LogP contribution < -0.4 is 10.9 Å². The molecule has 0 saturated carbocycles. The SMILES string of the molecule is CSCc1nc(C(=O)Nc2nc(-c3ccccn3)cs2)cc(=O)[nH]1. The number of nitrogens with one attached hydrogen (secondary N) is 2. The first kappa shape index (κ1) is 16.3. The highest BCUT2D eigenvalue weighted by atomic mass is 32.2. The second-order valence-electron chi connectivity index (χ2n) is 4.72. The zero-order valence-corrected chi connectivity index (χ0v) is 14.3. The van der Waals surface area contributed by atoms with Crippen molar-refractivity contribution in [3.63, 3.8) is 0 Å². The molecule has 24 heavy (non-hydrogen) atoms. The molecule has 0 aromatic carbocycles. The highest BCUT2D eigenvalue weighted by Crippen LogP contribution is 2.23. The molecule has 0 saturated heterocycles. The lowest BCUT2D eigenvalue weighted by Gasteiger charge is -2.03. The summed E-state index contributed by atoms with van der Waals surface area (Å²) in [5.41, 5.74) is 1.12. The maximum Gasteiger partial charge on any atom is 0.276 e. The van der Waals surface area contributed by atoms with Crippen LogP contribution in [0.3, 0.4) is 0 Å². The van der Waals surface area contributed by atoms with Gasteiger partial charge in [-0.3, -0.25) is 19.9 Å². The van der Waals surface area contributed by atoms with Gasteiger partial charge in [0.2, 0.25) is 0 Å². The minimum atomic E-state index is -0.467. The van der Waals surface area contributed by atoms with Crippen LogP contribution in [0.25, 0.3) is 11.4 Å². The van der Waals surface area contributed by atoms with E-state index < -0.39 is 5.91 Å². The number of aromatic nitrogens is 4. The second-order valence-corrected chi connectivity index (χ2v) is 6.44. The van der Waals surface area contributed by atoms with Crippen LogP contribution in [0.1, 0.15) is 16.3 Å². The highest BCUT2D eigenvalue weighted by Gasteiger charge is 2.13. The lowest BCUT2D eigenvalue weighted by molar-refractivity contribution is 0.102. The number of H-pyrrole nitrogens is 1. The van der Waals surface area contributed by atoms with E-state index in [1.807, 2.05) is 29.8 Å². The van der Waals surface area contributed by atoms with Gasteiger partial charge in [-0.2, -0.15) is 11.8 Å². The molecule has 9 heteroatoms. The van der Waals surface area contributed by atoms with Crippen LogP contribution in [-0.4, -0.2) is 32.1 Å². The Morgan fingerprint density at radius 1 is 1.33 bits per heavy atom. The monoisotopic (exact) mass is 359 g/mol. The van der Waals surface area contributed by atoms with Crippen LogP contribution in [0.2, 0.25) is 0 Å². The number of nitrogens with zero attached hydrogens (tertiary/aromatic N) is 3. The maximum absolute atomic E-state index is 12.3. The first-order chi connectivity index (χ1) is 11.7. The molecule has 0 atom stereocenters. The molecule has 1 amide bonds. The molecule has 3 aromatic rings.